The minimum atomic E-state index is -0.213. The van der Waals surface area contributed by atoms with E-state index in [0.29, 0.717) is 80.3 Å². The van der Waals surface area contributed by atoms with Crippen LogP contribution in [0.3, 0.4) is 0 Å². The number of carbonyl (C=O) groups is 2. The summed E-state index contributed by atoms with van der Waals surface area (Å²) in [6.45, 7) is 4.16. The molecule has 0 saturated carbocycles. The quantitative estimate of drug-likeness (QED) is 0.0699. The molecule has 0 fully saturated rings. The van der Waals surface area contributed by atoms with Crippen molar-refractivity contribution in [2.45, 2.75) is 26.3 Å². The molecule has 0 radical (unpaired) electrons. The number of benzene rings is 3. The first kappa shape index (κ1) is 33.1. The van der Waals surface area contributed by atoms with Crippen molar-refractivity contribution in [3.05, 3.63) is 88.9 Å². The van der Waals surface area contributed by atoms with Gasteiger partial charge in [-0.15, -0.1) is 0 Å². The standard InChI is InChI=1S/C32H36ClN7O5/c1-22(41)4-3-16-44-18-19-45-17-15-34-30-38-31(40-32(39-30)37-27-11-13-28(42)14-12-27)36-26-9-7-24(8-10-26)29(43)35-21-23-5-2-6-25(33)20-23/h2,5-14,20,42H,3-4,15-19,21H2,1H3,(H,35,43)(H3,34,36,37,38,39,40). The van der Waals surface area contributed by atoms with E-state index in [9.17, 15) is 14.7 Å². The second-order valence-electron chi connectivity index (χ2n) is 9.95. The number of carbonyl (C=O) groups excluding carboxylic acids is 2. The third-order valence-corrected chi connectivity index (χ3v) is 6.46. The van der Waals surface area contributed by atoms with Crippen molar-refractivity contribution >= 4 is 52.5 Å². The Morgan fingerprint density at radius 2 is 1.42 bits per heavy atom. The molecule has 0 atom stereocenters. The lowest BCUT2D eigenvalue weighted by Gasteiger charge is -2.12. The SMILES string of the molecule is CC(=O)CCCOCCOCCNc1nc(Nc2ccc(O)cc2)nc(Nc2ccc(C(=O)NCc3cccc(Cl)c3)cc2)n1. The molecule has 1 aromatic heterocycles. The van der Waals surface area contributed by atoms with Gasteiger partial charge in [-0.25, -0.2) is 0 Å². The summed E-state index contributed by atoms with van der Waals surface area (Å²) in [5.41, 5.74) is 2.75. The number of phenolic OH excluding ortho intramolecular Hbond substituents is 1. The molecule has 0 saturated heterocycles. The Morgan fingerprint density at radius 3 is 2.07 bits per heavy atom. The van der Waals surface area contributed by atoms with Crippen LogP contribution in [-0.4, -0.2) is 64.7 Å². The maximum atomic E-state index is 12.6. The number of anilines is 5. The molecule has 12 nitrogen and oxygen atoms in total. The fraction of sp³-hybridized carbons (Fsp3) is 0.281. The van der Waals surface area contributed by atoms with Crippen LogP contribution in [-0.2, 0) is 20.8 Å². The lowest BCUT2D eigenvalue weighted by molar-refractivity contribution is -0.117. The minimum Gasteiger partial charge on any atom is -0.508 e. The van der Waals surface area contributed by atoms with Gasteiger partial charge in [0.25, 0.3) is 5.91 Å². The lowest BCUT2D eigenvalue weighted by Crippen LogP contribution is -2.22. The molecule has 236 valence electrons. The Kier molecular flexibility index (Phi) is 12.9. The van der Waals surface area contributed by atoms with Gasteiger partial charge in [0.05, 0.1) is 19.8 Å². The number of phenols is 1. The normalized spacial score (nSPS) is 10.7. The Hall–Kier alpha value is -4.78. The topological polar surface area (TPSA) is 160 Å². The van der Waals surface area contributed by atoms with E-state index in [1.54, 1.807) is 61.5 Å². The van der Waals surface area contributed by atoms with E-state index < -0.39 is 0 Å². The summed E-state index contributed by atoms with van der Waals surface area (Å²) in [6.07, 6.45) is 1.22. The highest BCUT2D eigenvalue weighted by Gasteiger charge is 2.10. The Balaban J connectivity index is 1.33. The van der Waals surface area contributed by atoms with Crippen LogP contribution in [0.5, 0.6) is 5.75 Å². The molecule has 45 heavy (non-hydrogen) atoms. The maximum Gasteiger partial charge on any atom is 0.251 e. The molecule has 0 unspecified atom stereocenters. The molecule has 13 heteroatoms. The first-order valence-corrected chi connectivity index (χ1v) is 14.8. The van der Waals surface area contributed by atoms with E-state index in [2.05, 4.69) is 36.2 Å². The largest absolute Gasteiger partial charge is 0.508 e. The summed E-state index contributed by atoms with van der Waals surface area (Å²) in [4.78, 5) is 37.0. The zero-order valence-electron chi connectivity index (χ0n) is 24.9. The minimum absolute atomic E-state index is 0.143. The van der Waals surface area contributed by atoms with E-state index in [1.807, 2.05) is 18.2 Å². The monoisotopic (exact) mass is 633 g/mol. The van der Waals surface area contributed by atoms with Crippen molar-refractivity contribution in [2.75, 3.05) is 48.9 Å². The molecule has 0 aliphatic carbocycles. The average molecular weight is 634 g/mol. The predicted octanol–water partition coefficient (Wildman–Crippen LogP) is 5.46. The molecular weight excluding hydrogens is 598 g/mol. The van der Waals surface area contributed by atoms with Crippen molar-refractivity contribution in [3.8, 4) is 5.75 Å². The zero-order valence-corrected chi connectivity index (χ0v) is 25.6. The van der Waals surface area contributed by atoms with Crippen LogP contribution in [0.25, 0.3) is 0 Å². The molecule has 3 aromatic carbocycles. The molecule has 1 heterocycles. The molecule has 5 N–H and O–H groups in total. The van der Waals surface area contributed by atoms with Crippen molar-refractivity contribution in [3.63, 3.8) is 0 Å². The number of aromatic hydroxyl groups is 1. The van der Waals surface area contributed by atoms with Gasteiger partial charge in [-0.3, -0.25) is 4.79 Å². The number of nitrogens with one attached hydrogen (secondary N) is 4. The highest BCUT2D eigenvalue weighted by atomic mass is 35.5. The van der Waals surface area contributed by atoms with Gasteiger partial charge >= 0.3 is 0 Å². The molecule has 4 aromatic rings. The van der Waals surface area contributed by atoms with Gasteiger partial charge in [0, 0.05) is 48.1 Å². The highest BCUT2D eigenvalue weighted by Crippen LogP contribution is 2.21. The maximum absolute atomic E-state index is 12.6. The van der Waals surface area contributed by atoms with Gasteiger partial charge in [0.1, 0.15) is 11.5 Å². The number of amides is 1. The molecular formula is C32H36ClN7O5. The van der Waals surface area contributed by atoms with Crippen LogP contribution in [0.1, 0.15) is 35.7 Å². The molecule has 4 rings (SSSR count). The van der Waals surface area contributed by atoms with Gasteiger partial charge in [0.2, 0.25) is 17.8 Å². The summed E-state index contributed by atoms with van der Waals surface area (Å²) in [6, 6.07) is 20.8. The zero-order chi connectivity index (χ0) is 31.9. The van der Waals surface area contributed by atoms with E-state index in [4.69, 9.17) is 21.1 Å². The van der Waals surface area contributed by atoms with Gasteiger partial charge < -0.3 is 40.6 Å². The van der Waals surface area contributed by atoms with Crippen LogP contribution in [0.15, 0.2) is 72.8 Å². The lowest BCUT2D eigenvalue weighted by atomic mass is 10.1. The summed E-state index contributed by atoms with van der Waals surface area (Å²) < 4.78 is 11.1. The first-order chi connectivity index (χ1) is 21.8. The number of aromatic nitrogens is 3. The molecule has 0 aliphatic rings. The van der Waals surface area contributed by atoms with Crippen LogP contribution >= 0.6 is 11.6 Å². The van der Waals surface area contributed by atoms with Gasteiger partial charge in [-0.2, -0.15) is 15.0 Å². The number of hydrogen-bond acceptors (Lipinski definition) is 11. The molecule has 0 aliphatic heterocycles. The average Bonchev–Trinajstić information content (AvgIpc) is 3.02. The molecule has 0 spiro atoms. The van der Waals surface area contributed by atoms with E-state index >= 15 is 0 Å². The van der Waals surface area contributed by atoms with E-state index in [0.717, 1.165) is 5.56 Å². The fourth-order valence-corrected chi connectivity index (χ4v) is 4.20. The second kappa shape index (κ2) is 17.5. The fourth-order valence-electron chi connectivity index (χ4n) is 3.99. The van der Waals surface area contributed by atoms with Gasteiger partial charge in [0.15, 0.2) is 0 Å². The predicted molar refractivity (Wildman–Crippen MR) is 174 cm³/mol. The van der Waals surface area contributed by atoms with Crippen LogP contribution in [0.2, 0.25) is 5.02 Å². The van der Waals surface area contributed by atoms with E-state index in [-0.39, 0.29) is 29.3 Å². The first-order valence-electron chi connectivity index (χ1n) is 14.4. The third-order valence-electron chi connectivity index (χ3n) is 6.22. The number of ether oxygens (including phenoxy) is 2. The smallest absolute Gasteiger partial charge is 0.251 e. The molecule has 0 bridgehead atoms. The second-order valence-corrected chi connectivity index (χ2v) is 10.4. The number of ketones is 1. The molecule has 1 amide bonds. The number of rotatable bonds is 18. The Bertz CT molecular complexity index is 1540. The third kappa shape index (κ3) is 12.0. The van der Waals surface area contributed by atoms with E-state index in [1.165, 1.54) is 0 Å². The number of Topliss-reactive ketones (excluding diaryl/α,β-unsaturated/α-hetero) is 1. The van der Waals surface area contributed by atoms with Gasteiger partial charge in [-0.05, 0) is 79.6 Å². The number of nitrogens with zero attached hydrogens (tertiary/aromatic N) is 3. The number of hydrogen-bond donors (Lipinski definition) is 5. The van der Waals surface area contributed by atoms with Crippen LogP contribution < -0.4 is 21.3 Å². The van der Waals surface area contributed by atoms with Crippen molar-refractivity contribution in [1.29, 1.82) is 0 Å². The summed E-state index contributed by atoms with van der Waals surface area (Å²) in [5, 5.41) is 22.5. The van der Waals surface area contributed by atoms with Crippen LogP contribution in [0.4, 0.5) is 29.2 Å². The highest BCUT2D eigenvalue weighted by molar-refractivity contribution is 6.30. The van der Waals surface area contributed by atoms with Crippen molar-refractivity contribution < 1.29 is 24.2 Å². The Morgan fingerprint density at radius 1 is 0.800 bits per heavy atom. The number of halogens is 1. The van der Waals surface area contributed by atoms with Gasteiger partial charge in [-0.1, -0.05) is 23.7 Å². The Labute approximate surface area is 266 Å². The summed E-state index contributed by atoms with van der Waals surface area (Å²) >= 11 is 6.03. The van der Waals surface area contributed by atoms with Crippen molar-refractivity contribution in [2.24, 2.45) is 0 Å². The summed E-state index contributed by atoms with van der Waals surface area (Å²) in [5.74, 6) is 0.946. The summed E-state index contributed by atoms with van der Waals surface area (Å²) in [7, 11) is 0. The van der Waals surface area contributed by atoms with Crippen LogP contribution in [0, 0.1) is 0 Å². The van der Waals surface area contributed by atoms with Crippen molar-refractivity contribution in [1.82, 2.24) is 20.3 Å².